The van der Waals surface area contributed by atoms with Crippen molar-refractivity contribution < 1.29 is 9.59 Å². The highest BCUT2D eigenvalue weighted by Gasteiger charge is 2.15. The maximum absolute atomic E-state index is 12.4. The van der Waals surface area contributed by atoms with Crippen LogP contribution in [0.25, 0.3) is 0 Å². The van der Waals surface area contributed by atoms with Crippen molar-refractivity contribution in [2.24, 2.45) is 5.92 Å². The van der Waals surface area contributed by atoms with E-state index < -0.39 is 0 Å². The number of allylic oxidation sites excluding steroid dienone is 2. The average Bonchev–Trinajstić information content (AvgIpc) is 3.25. The molecule has 0 radical (unpaired) electrons. The van der Waals surface area contributed by atoms with E-state index in [0.717, 1.165) is 17.7 Å². The quantitative estimate of drug-likeness (QED) is 0.406. The number of hydrogen-bond acceptors (Lipinski definition) is 5. The van der Waals surface area contributed by atoms with E-state index in [1.54, 1.807) is 0 Å². The SMILES string of the molecule is N#CCSc1ccccc1NC(=O)CNc1ccccc1NC(=O)CC1C=CCC1. The molecule has 6 nitrogen and oxygen atoms in total. The Bertz CT molecular complexity index is 968. The highest BCUT2D eigenvalue weighted by atomic mass is 32.2. The number of para-hydroxylation sites is 3. The number of nitrogens with one attached hydrogen (secondary N) is 3. The van der Waals surface area contributed by atoms with Crippen LogP contribution in [0.3, 0.4) is 0 Å². The zero-order chi connectivity index (χ0) is 21.2. The summed E-state index contributed by atoms with van der Waals surface area (Å²) in [6.07, 6.45) is 6.72. The van der Waals surface area contributed by atoms with Gasteiger partial charge in [0.05, 0.1) is 35.4 Å². The molecule has 1 aliphatic carbocycles. The lowest BCUT2D eigenvalue weighted by atomic mass is 10.0. The Morgan fingerprint density at radius 3 is 2.43 bits per heavy atom. The Morgan fingerprint density at radius 1 is 1.00 bits per heavy atom. The summed E-state index contributed by atoms with van der Waals surface area (Å²) in [6, 6.07) is 16.8. The molecule has 154 valence electrons. The van der Waals surface area contributed by atoms with Crippen LogP contribution in [0.5, 0.6) is 0 Å². The van der Waals surface area contributed by atoms with Crippen molar-refractivity contribution >= 4 is 40.6 Å². The fourth-order valence-corrected chi connectivity index (χ4v) is 3.90. The summed E-state index contributed by atoms with van der Waals surface area (Å²) in [5.74, 6) is 0.371. The van der Waals surface area contributed by atoms with Crippen LogP contribution in [0, 0.1) is 17.2 Å². The third kappa shape index (κ3) is 6.39. The molecule has 7 heteroatoms. The minimum atomic E-state index is -0.211. The average molecular weight is 421 g/mol. The number of benzene rings is 2. The smallest absolute Gasteiger partial charge is 0.243 e. The number of thioether (sulfide) groups is 1. The van der Waals surface area contributed by atoms with Gasteiger partial charge in [-0.15, -0.1) is 11.8 Å². The van der Waals surface area contributed by atoms with Crippen molar-refractivity contribution in [1.82, 2.24) is 0 Å². The van der Waals surface area contributed by atoms with Gasteiger partial charge in [0.25, 0.3) is 0 Å². The molecule has 2 aromatic carbocycles. The van der Waals surface area contributed by atoms with Gasteiger partial charge < -0.3 is 16.0 Å². The Labute approximate surface area is 180 Å². The molecule has 1 atom stereocenters. The maximum atomic E-state index is 12.4. The summed E-state index contributed by atoms with van der Waals surface area (Å²) in [5, 5.41) is 17.7. The van der Waals surface area contributed by atoms with Crippen molar-refractivity contribution in [3.8, 4) is 6.07 Å². The van der Waals surface area contributed by atoms with Crippen molar-refractivity contribution in [3.63, 3.8) is 0 Å². The topological polar surface area (TPSA) is 94.0 Å². The molecule has 0 spiro atoms. The molecule has 0 bridgehead atoms. The van der Waals surface area contributed by atoms with Crippen LogP contribution in [-0.4, -0.2) is 24.1 Å². The van der Waals surface area contributed by atoms with Crippen LogP contribution < -0.4 is 16.0 Å². The minimum absolute atomic E-state index is 0.0336. The first-order valence-electron chi connectivity index (χ1n) is 9.83. The third-order valence-corrected chi connectivity index (χ3v) is 5.59. The normalized spacial score (nSPS) is 14.7. The molecule has 0 heterocycles. The predicted octanol–water partition coefficient (Wildman–Crippen LogP) is 4.65. The molecule has 3 rings (SSSR count). The largest absolute Gasteiger partial charge is 0.374 e. The number of rotatable bonds is 9. The van der Waals surface area contributed by atoms with Crippen LogP contribution >= 0.6 is 11.8 Å². The van der Waals surface area contributed by atoms with Gasteiger partial charge in [0, 0.05) is 11.3 Å². The summed E-state index contributed by atoms with van der Waals surface area (Å²) in [5.41, 5.74) is 2.02. The van der Waals surface area contributed by atoms with Crippen molar-refractivity contribution in [2.45, 2.75) is 24.2 Å². The maximum Gasteiger partial charge on any atom is 0.243 e. The number of nitrogens with zero attached hydrogens (tertiary/aromatic N) is 1. The lowest BCUT2D eigenvalue weighted by molar-refractivity contribution is -0.117. The fraction of sp³-hybridized carbons (Fsp3) is 0.261. The summed E-state index contributed by atoms with van der Waals surface area (Å²) in [4.78, 5) is 25.6. The zero-order valence-electron chi connectivity index (χ0n) is 16.6. The first-order chi connectivity index (χ1) is 14.7. The standard InChI is InChI=1S/C23H24N4O2S/c24-13-14-30-21-12-6-5-11-20(21)27-23(29)16-25-18-9-3-4-10-19(18)26-22(28)15-17-7-1-2-8-17/h1,3-7,9-12,17,25H,2,8,14-16H2,(H,26,28)(H,27,29). The van der Waals surface area contributed by atoms with Gasteiger partial charge in [-0.05, 0) is 43.0 Å². The van der Waals surface area contributed by atoms with Crippen molar-refractivity contribution in [1.29, 1.82) is 5.26 Å². The monoisotopic (exact) mass is 420 g/mol. The molecular weight excluding hydrogens is 396 g/mol. The molecule has 3 N–H and O–H groups in total. The summed E-state index contributed by atoms with van der Waals surface area (Å²) >= 11 is 1.38. The second-order valence-corrected chi connectivity index (χ2v) is 7.93. The highest BCUT2D eigenvalue weighted by molar-refractivity contribution is 7.99. The number of anilines is 3. The number of carbonyl (C=O) groups is 2. The molecule has 0 saturated heterocycles. The van der Waals surface area contributed by atoms with Crippen LogP contribution in [0.15, 0.2) is 65.6 Å². The number of carbonyl (C=O) groups excluding carboxylic acids is 2. The van der Waals surface area contributed by atoms with Gasteiger partial charge in [-0.1, -0.05) is 36.4 Å². The third-order valence-electron chi connectivity index (χ3n) is 4.65. The fourth-order valence-electron chi connectivity index (χ4n) is 3.23. The molecule has 0 saturated carbocycles. The van der Waals surface area contributed by atoms with Gasteiger partial charge in [-0.2, -0.15) is 5.26 Å². The summed E-state index contributed by atoms with van der Waals surface area (Å²) in [6.45, 7) is 0.0511. The van der Waals surface area contributed by atoms with Crippen LogP contribution in [0.4, 0.5) is 17.1 Å². The second kappa shape index (κ2) is 11.1. The summed E-state index contributed by atoms with van der Waals surface area (Å²) in [7, 11) is 0. The van der Waals surface area contributed by atoms with E-state index in [-0.39, 0.29) is 18.4 Å². The van der Waals surface area contributed by atoms with E-state index in [9.17, 15) is 9.59 Å². The van der Waals surface area contributed by atoms with E-state index in [1.165, 1.54) is 11.8 Å². The molecule has 30 heavy (non-hydrogen) atoms. The molecule has 0 aromatic heterocycles. The van der Waals surface area contributed by atoms with Gasteiger partial charge in [-0.3, -0.25) is 9.59 Å². The Hall–Kier alpha value is -3.24. The lowest BCUT2D eigenvalue weighted by Gasteiger charge is -2.15. The van der Waals surface area contributed by atoms with Gasteiger partial charge >= 0.3 is 0 Å². The Morgan fingerprint density at radius 2 is 1.70 bits per heavy atom. The van der Waals surface area contributed by atoms with Crippen LogP contribution in [-0.2, 0) is 9.59 Å². The highest BCUT2D eigenvalue weighted by Crippen LogP contribution is 2.27. The molecule has 0 aliphatic heterocycles. The van der Waals surface area contributed by atoms with Gasteiger partial charge in [0.1, 0.15) is 0 Å². The molecular formula is C23H24N4O2S. The minimum Gasteiger partial charge on any atom is -0.374 e. The summed E-state index contributed by atoms with van der Waals surface area (Å²) < 4.78 is 0. The first-order valence-corrected chi connectivity index (χ1v) is 10.8. The van der Waals surface area contributed by atoms with Crippen molar-refractivity contribution in [2.75, 3.05) is 28.2 Å². The number of amides is 2. The first kappa shape index (κ1) is 21.5. The zero-order valence-corrected chi connectivity index (χ0v) is 17.4. The van der Waals surface area contributed by atoms with E-state index in [1.807, 2.05) is 48.5 Å². The Kier molecular flexibility index (Phi) is 7.93. The lowest BCUT2D eigenvalue weighted by Crippen LogP contribution is -2.23. The number of nitriles is 1. The van der Waals surface area contributed by atoms with Gasteiger partial charge in [0.2, 0.25) is 11.8 Å². The molecule has 2 amide bonds. The molecule has 1 aliphatic rings. The van der Waals surface area contributed by atoms with E-state index in [2.05, 4.69) is 34.2 Å². The van der Waals surface area contributed by atoms with E-state index in [4.69, 9.17) is 5.26 Å². The Balaban J connectivity index is 1.56. The van der Waals surface area contributed by atoms with E-state index in [0.29, 0.717) is 35.2 Å². The van der Waals surface area contributed by atoms with Crippen LogP contribution in [0.1, 0.15) is 19.3 Å². The van der Waals surface area contributed by atoms with E-state index >= 15 is 0 Å². The molecule has 1 unspecified atom stereocenters. The van der Waals surface area contributed by atoms with Gasteiger partial charge in [0.15, 0.2) is 0 Å². The molecule has 0 fully saturated rings. The van der Waals surface area contributed by atoms with Gasteiger partial charge in [-0.25, -0.2) is 0 Å². The van der Waals surface area contributed by atoms with Crippen molar-refractivity contribution in [3.05, 3.63) is 60.7 Å². The molecule has 2 aromatic rings. The predicted molar refractivity (Wildman–Crippen MR) is 121 cm³/mol. The van der Waals surface area contributed by atoms with Crippen LogP contribution in [0.2, 0.25) is 0 Å². The number of hydrogen-bond donors (Lipinski definition) is 3. The second-order valence-electron chi connectivity index (χ2n) is 6.91.